The summed E-state index contributed by atoms with van der Waals surface area (Å²) in [5, 5.41) is 15.0. The Bertz CT molecular complexity index is 1510. The molecule has 0 saturated heterocycles. The topological polar surface area (TPSA) is 153 Å². The molecule has 0 aliphatic heterocycles. The third-order valence-corrected chi connectivity index (χ3v) is 8.00. The van der Waals surface area contributed by atoms with E-state index in [0.29, 0.717) is 24.5 Å². The van der Waals surface area contributed by atoms with Crippen molar-refractivity contribution in [3.8, 4) is 17.7 Å². The first kappa shape index (κ1) is 32.8. The zero-order chi connectivity index (χ0) is 31.0. The van der Waals surface area contributed by atoms with Gasteiger partial charge in [-0.15, -0.1) is 0 Å². The van der Waals surface area contributed by atoms with Crippen molar-refractivity contribution in [1.29, 1.82) is 5.26 Å². The molecule has 2 heterocycles. The first-order chi connectivity index (χ1) is 19.8. The zero-order valence-corrected chi connectivity index (χ0v) is 26.8. The molecule has 12 nitrogen and oxygen atoms in total. The van der Waals surface area contributed by atoms with E-state index in [2.05, 4.69) is 58.7 Å². The summed E-state index contributed by atoms with van der Waals surface area (Å²) in [6.45, 7) is 13.8. The van der Waals surface area contributed by atoms with Crippen LogP contribution in [0.5, 0.6) is 11.6 Å². The number of aromatic nitrogens is 3. The molecule has 0 saturated carbocycles. The van der Waals surface area contributed by atoms with Crippen molar-refractivity contribution in [2.45, 2.75) is 59.1 Å². The van der Waals surface area contributed by atoms with Crippen molar-refractivity contribution in [3.05, 3.63) is 40.1 Å². The number of nitriles is 1. The maximum absolute atomic E-state index is 12.0. The first-order valence-electron chi connectivity index (χ1n) is 13.1. The molecule has 3 aromatic rings. The number of hydrogen-bond acceptors (Lipinski definition) is 10. The zero-order valence-electron chi connectivity index (χ0n) is 24.2. The molecule has 0 radical (unpaired) electrons. The highest BCUT2D eigenvalue weighted by molar-refractivity contribution is 6.76. The second-order valence-electron chi connectivity index (χ2n) is 10.7. The van der Waals surface area contributed by atoms with Gasteiger partial charge in [-0.1, -0.05) is 56.7 Å². The average molecular weight is 635 g/mol. The van der Waals surface area contributed by atoms with E-state index in [1.165, 1.54) is 18.3 Å². The molecule has 0 aliphatic carbocycles. The lowest BCUT2D eigenvalue weighted by Crippen LogP contribution is -2.36. The molecule has 3 rings (SSSR count). The molecule has 0 atom stereocenters. The number of ether oxygens (including phenoxy) is 3. The lowest BCUT2D eigenvalue weighted by Gasteiger charge is -2.15. The monoisotopic (exact) mass is 633 g/mol. The number of rotatable bonds is 12. The Labute approximate surface area is 255 Å². The summed E-state index contributed by atoms with van der Waals surface area (Å²) in [4.78, 5) is 32.7. The Morgan fingerprint density at radius 2 is 1.90 bits per heavy atom. The Morgan fingerprint density at radius 3 is 2.50 bits per heavy atom. The number of hydrogen-bond donors (Lipinski definition) is 2. The minimum absolute atomic E-state index is 0.0563. The molecule has 1 aromatic carbocycles. The van der Waals surface area contributed by atoms with Gasteiger partial charge in [-0.3, -0.25) is 15.5 Å². The molecular weight excluding hydrogens is 601 g/mol. The summed E-state index contributed by atoms with van der Waals surface area (Å²) in [6, 6.07) is 5.53. The molecule has 42 heavy (non-hydrogen) atoms. The van der Waals surface area contributed by atoms with E-state index in [-0.39, 0.29) is 39.9 Å². The van der Waals surface area contributed by atoms with Crippen LogP contribution in [0.3, 0.4) is 0 Å². The number of halogens is 2. The fourth-order valence-corrected chi connectivity index (χ4v) is 4.89. The van der Waals surface area contributed by atoms with E-state index in [1.54, 1.807) is 13.0 Å². The van der Waals surface area contributed by atoms with E-state index in [9.17, 15) is 14.9 Å². The number of nitrogens with one attached hydrogen (secondary N) is 2. The third kappa shape index (κ3) is 8.90. The van der Waals surface area contributed by atoms with Crippen LogP contribution in [0.25, 0.3) is 11.2 Å². The van der Waals surface area contributed by atoms with Crippen molar-refractivity contribution in [3.63, 3.8) is 0 Å². The standard InChI is InChI=1S/C27H33Cl2N7O5Si/c1-7-40-27(38)33-26(37)21(12-30)35-34-17-10-19(28)24(20(29)11-17)41-22-13-31-25-23(32-22)18(16(2)3)14-36(25)15-39-8-9-42(4,5)6/h10-11,13-14,16,34H,7-9,15H2,1-6H3,(H,33,37,38)/b35-21-. The molecule has 0 unspecified atom stereocenters. The van der Waals surface area contributed by atoms with Crippen molar-refractivity contribution < 1.29 is 23.8 Å². The van der Waals surface area contributed by atoms with Gasteiger partial charge in [-0.25, -0.2) is 14.8 Å². The van der Waals surface area contributed by atoms with E-state index in [1.807, 2.05) is 16.1 Å². The quantitative estimate of drug-likeness (QED) is 0.0980. The Morgan fingerprint density at radius 1 is 1.21 bits per heavy atom. The molecule has 15 heteroatoms. The molecule has 224 valence electrons. The maximum Gasteiger partial charge on any atom is 0.414 e. The summed E-state index contributed by atoms with van der Waals surface area (Å²) in [5.74, 6) is -0.549. The van der Waals surface area contributed by atoms with Gasteiger partial charge in [-0.05, 0) is 31.0 Å². The largest absolute Gasteiger partial charge is 0.450 e. The predicted molar refractivity (Wildman–Crippen MR) is 164 cm³/mol. The Hall–Kier alpha value is -3.70. The Balaban J connectivity index is 1.78. The average Bonchev–Trinajstić information content (AvgIpc) is 3.27. The van der Waals surface area contributed by atoms with E-state index in [0.717, 1.165) is 11.6 Å². The molecule has 2 aromatic heterocycles. The lowest BCUT2D eigenvalue weighted by molar-refractivity contribution is -0.114. The van der Waals surface area contributed by atoms with Crippen LogP contribution < -0.4 is 15.5 Å². The van der Waals surface area contributed by atoms with Gasteiger partial charge in [0.1, 0.15) is 18.3 Å². The fourth-order valence-electron chi connectivity index (χ4n) is 3.56. The molecular formula is C27H33Cl2N7O5Si. The minimum atomic E-state index is -1.20. The number of fused-ring (bicyclic) bond motifs is 1. The lowest BCUT2D eigenvalue weighted by atomic mass is 10.1. The number of anilines is 1. The van der Waals surface area contributed by atoms with Gasteiger partial charge in [0, 0.05) is 26.4 Å². The number of nitrogens with zero attached hydrogens (tertiary/aromatic N) is 5. The first-order valence-corrected chi connectivity index (χ1v) is 17.6. The number of alkyl carbamates (subject to hydrolysis) is 1. The summed E-state index contributed by atoms with van der Waals surface area (Å²) in [7, 11) is -1.20. The number of hydrazone groups is 1. The van der Waals surface area contributed by atoms with Gasteiger partial charge >= 0.3 is 6.09 Å². The van der Waals surface area contributed by atoms with Gasteiger partial charge in [0.05, 0.1) is 28.5 Å². The van der Waals surface area contributed by atoms with Crippen LogP contribution in [-0.2, 0) is 21.0 Å². The van der Waals surface area contributed by atoms with Crippen LogP contribution in [0.1, 0.15) is 32.3 Å². The summed E-state index contributed by atoms with van der Waals surface area (Å²) in [5.41, 5.74) is 4.50. The molecule has 2 N–H and O–H groups in total. The van der Waals surface area contributed by atoms with Crippen molar-refractivity contribution in [2.24, 2.45) is 5.10 Å². The number of carbonyl (C=O) groups is 2. The molecule has 0 fully saturated rings. The highest BCUT2D eigenvalue weighted by atomic mass is 35.5. The van der Waals surface area contributed by atoms with Gasteiger partial charge < -0.3 is 18.8 Å². The minimum Gasteiger partial charge on any atom is -0.450 e. The summed E-state index contributed by atoms with van der Waals surface area (Å²) >= 11 is 12.9. The van der Waals surface area contributed by atoms with Gasteiger partial charge in [0.25, 0.3) is 5.91 Å². The van der Waals surface area contributed by atoms with E-state index < -0.39 is 25.8 Å². The molecule has 0 bridgehead atoms. The van der Waals surface area contributed by atoms with Crippen LogP contribution in [-0.4, -0.2) is 53.5 Å². The molecule has 2 amide bonds. The fraction of sp³-hybridized carbons (Fsp3) is 0.407. The van der Waals surface area contributed by atoms with Crippen molar-refractivity contribution >= 4 is 65.8 Å². The van der Waals surface area contributed by atoms with Crippen LogP contribution in [0, 0.1) is 11.3 Å². The molecule has 0 aliphatic rings. The smallest absolute Gasteiger partial charge is 0.414 e. The van der Waals surface area contributed by atoms with Crippen LogP contribution in [0.15, 0.2) is 29.6 Å². The highest BCUT2D eigenvalue weighted by Gasteiger charge is 2.19. The third-order valence-electron chi connectivity index (χ3n) is 5.73. The van der Waals surface area contributed by atoms with Gasteiger partial charge in [0.15, 0.2) is 11.4 Å². The second-order valence-corrected chi connectivity index (χ2v) is 17.1. The van der Waals surface area contributed by atoms with Crippen LogP contribution in [0.4, 0.5) is 10.5 Å². The second kappa shape index (κ2) is 14.5. The van der Waals surface area contributed by atoms with Crippen molar-refractivity contribution in [2.75, 3.05) is 18.6 Å². The number of carbonyl (C=O) groups excluding carboxylic acids is 2. The normalized spacial score (nSPS) is 11.9. The summed E-state index contributed by atoms with van der Waals surface area (Å²) < 4.78 is 18.4. The highest BCUT2D eigenvalue weighted by Crippen LogP contribution is 2.39. The van der Waals surface area contributed by atoms with Crippen molar-refractivity contribution in [1.82, 2.24) is 19.9 Å². The predicted octanol–water partition coefficient (Wildman–Crippen LogP) is 6.53. The number of imide groups is 1. The van der Waals surface area contributed by atoms with E-state index >= 15 is 0 Å². The Kier molecular flexibility index (Phi) is 11.3. The number of amides is 2. The SMILES string of the molecule is CCOC(=O)NC(=O)/C(C#N)=N\Nc1cc(Cl)c(Oc2cnc3c(n2)c(C(C)C)cn3COCC[Si](C)(C)C)c(Cl)c1. The molecule has 0 spiro atoms. The number of benzene rings is 1. The van der Waals surface area contributed by atoms with Crippen LogP contribution >= 0.6 is 23.2 Å². The van der Waals surface area contributed by atoms with Gasteiger partial charge in [-0.2, -0.15) is 10.4 Å². The van der Waals surface area contributed by atoms with Crippen LogP contribution in [0.2, 0.25) is 35.7 Å². The summed E-state index contributed by atoms with van der Waals surface area (Å²) in [6.07, 6.45) is 2.48. The van der Waals surface area contributed by atoms with E-state index in [4.69, 9.17) is 32.7 Å². The maximum atomic E-state index is 12.0. The van der Waals surface area contributed by atoms with Gasteiger partial charge in [0.2, 0.25) is 11.6 Å².